The summed E-state index contributed by atoms with van der Waals surface area (Å²) >= 11 is 1.99. The minimum absolute atomic E-state index is 0.133. The van der Waals surface area contributed by atoms with Crippen LogP contribution in [0.3, 0.4) is 0 Å². The first-order valence-electron chi connectivity index (χ1n) is 6.55. The second-order valence-electron chi connectivity index (χ2n) is 4.73. The maximum absolute atomic E-state index is 13.6. The van der Waals surface area contributed by atoms with Gasteiger partial charge >= 0.3 is 0 Å². The first kappa shape index (κ1) is 13.7. The molecule has 1 N–H and O–H groups in total. The standard InChI is InChI=1S/C14H21FN2S/c1-3-16-9-12-6-13(15)8-14(7-12)17-4-5-18-11(2)10-17/h6-8,11,16H,3-5,9-10H2,1-2H3. The molecule has 2 nitrogen and oxygen atoms in total. The Morgan fingerprint density at radius 2 is 2.28 bits per heavy atom. The van der Waals surface area contributed by atoms with Crippen LogP contribution in [0, 0.1) is 5.82 Å². The van der Waals surface area contributed by atoms with Gasteiger partial charge in [-0.1, -0.05) is 13.8 Å². The predicted molar refractivity (Wildman–Crippen MR) is 77.9 cm³/mol. The van der Waals surface area contributed by atoms with E-state index in [1.54, 1.807) is 12.1 Å². The van der Waals surface area contributed by atoms with Gasteiger partial charge in [0.1, 0.15) is 5.82 Å². The second-order valence-corrected chi connectivity index (χ2v) is 6.27. The van der Waals surface area contributed by atoms with E-state index in [4.69, 9.17) is 0 Å². The lowest BCUT2D eigenvalue weighted by Crippen LogP contribution is -2.36. The maximum atomic E-state index is 13.6. The minimum atomic E-state index is -0.133. The van der Waals surface area contributed by atoms with Gasteiger partial charge in [-0.25, -0.2) is 4.39 Å². The minimum Gasteiger partial charge on any atom is -0.370 e. The van der Waals surface area contributed by atoms with Gasteiger partial charge in [0.25, 0.3) is 0 Å². The monoisotopic (exact) mass is 268 g/mol. The molecular formula is C14H21FN2S. The summed E-state index contributed by atoms with van der Waals surface area (Å²) < 4.78 is 13.6. The second kappa shape index (κ2) is 6.43. The van der Waals surface area contributed by atoms with E-state index in [2.05, 4.69) is 30.1 Å². The smallest absolute Gasteiger partial charge is 0.125 e. The number of benzene rings is 1. The van der Waals surface area contributed by atoms with E-state index < -0.39 is 0 Å². The molecule has 0 spiro atoms. The van der Waals surface area contributed by atoms with E-state index in [1.807, 2.05) is 11.8 Å². The Bertz CT molecular complexity index is 397. The van der Waals surface area contributed by atoms with Gasteiger partial charge in [-0.15, -0.1) is 0 Å². The molecule has 2 rings (SSSR count). The van der Waals surface area contributed by atoms with Crippen LogP contribution in [-0.2, 0) is 6.54 Å². The SMILES string of the molecule is CCNCc1cc(F)cc(N2CCSC(C)C2)c1. The van der Waals surface area contributed by atoms with Gasteiger partial charge in [0, 0.05) is 36.3 Å². The lowest BCUT2D eigenvalue weighted by Gasteiger charge is -2.32. The molecular weight excluding hydrogens is 247 g/mol. The van der Waals surface area contributed by atoms with E-state index in [9.17, 15) is 4.39 Å². The molecule has 1 aliphatic heterocycles. The number of hydrogen-bond donors (Lipinski definition) is 1. The highest BCUT2D eigenvalue weighted by Gasteiger charge is 2.17. The maximum Gasteiger partial charge on any atom is 0.125 e. The summed E-state index contributed by atoms with van der Waals surface area (Å²) in [6.45, 7) is 7.95. The van der Waals surface area contributed by atoms with Crippen molar-refractivity contribution in [2.24, 2.45) is 0 Å². The van der Waals surface area contributed by atoms with Crippen molar-refractivity contribution in [2.75, 3.05) is 30.3 Å². The van der Waals surface area contributed by atoms with Crippen LogP contribution < -0.4 is 10.2 Å². The fraction of sp³-hybridized carbons (Fsp3) is 0.571. The lowest BCUT2D eigenvalue weighted by molar-refractivity contribution is 0.620. The van der Waals surface area contributed by atoms with Crippen LogP contribution >= 0.6 is 11.8 Å². The van der Waals surface area contributed by atoms with Gasteiger partial charge in [0.15, 0.2) is 0 Å². The molecule has 0 aromatic heterocycles. The van der Waals surface area contributed by atoms with Crippen molar-refractivity contribution < 1.29 is 4.39 Å². The third-order valence-electron chi connectivity index (χ3n) is 3.13. The van der Waals surface area contributed by atoms with Crippen molar-refractivity contribution in [3.8, 4) is 0 Å². The van der Waals surface area contributed by atoms with Gasteiger partial charge in [0.2, 0.25) is 0 Å². The van der Waals surface area contributed by atoms with Crippen LogP contribution in [0.2, 0.25) is 0 Å². The molecule has 1 aliphatic rings. The molecule has 1 aromatic carbocycles. The molecule has 18 heavy (non-hydrogen) atoms. The van der Waals surface area contributed by atoms with Gasteiger partial charge < -0.3 is 10.2 Å². The predicted octanol–water partition coefficient (Wildman–Crippen LogP) is 2.88. The normalized spacial score (nSPS) is 20.2. The Balaban J connectivity index is 2.13. The largest absolute Gasteiger partial charge is 0.370 e. The molecule has 1 atom stereocenters. The van der Waals surface area contributed by atoms with Crippen molar-refractivity contribution in [3.05, 3.63) is 29.6 Å². The third kappa shape index (κ3) is 3.62. The van der Waals surface area contributed by atoms with Crippen LogP contribution in [0.15, 0.2) is 18.2 Å². The van der Waals surface area contributed by atoms with E-state index in [1.165, 1.54) is 0 Å². The number of hydrogen-bond acceptors (Lipinski definition) is 3. The number of anilines is 1. The average Bonchev–Trinajstić information content (AvgIpc) is 2.36. The quantitative estimate of drug-likeness (QED) is 0.904. The Morgan fingerprint density at radius 3 is 3.00 bits per heavy atom. The highest BCUT2D eigenvalue weighted by molar-refractivity contribution is 8.00. The fourth-order valence-corrected chi connectivity index (χ4v) is 3.25. The summed E-state index contributed by atoms with van der Waals surface area (Å²) in [4.78, 5) is 2.29. The molecule has 4 heteroatoms. The summed E-state index contributed by atoms with van der Waals surface area (Å²) in [5, 5.41) is 3.87. The zero-order valence-electron chi connectivity index (χ0n) is 11.1. The van der Waals surface area contributed by atoms with Crippen molar-refractivity contribution in [1.82, 2.24) is 5.32 Å². The Kier molecular flexibility index (Phi) is 4.89. The lowest BCUT2D eigenvalue weighted by atomic mass is 10.1. The van der Waals surface area contributed by atoms with Crippen molar-refractivity contribution in [3.63, 3.8) is 0 Å². The Morgan fingerprint density at radius 1 is 1.44 bits per heavy atom. The third-order valence-corrected chi connectivity index (χ3v) is 4.26. The highest BCUT2D eigenvalue weighted by atomic mass is 32.2. The highest BCUT2D eigenvalue weighted by Crippen LogP contribution is 2.25. The van der Waals surface area contributed by atoms with Crippen LogP contribution in [0.25, 0.3) is 0 Å². The molecule has 0 amide bonds. The zero-order chi connectivity index (χ0) is 13.0. The van der Waals surface area contributed by atoms with Gasteiger partial charge in [-0.05, 0) is 30.3 Å². The molecule has 0 bridgehead atoms. The number of rotatable bonds is 4. The van der Waals surface area contributed by atoms with Crippen LogP contribution in [0.1, 0.15) is 19.4 Å². The van der Waals surface area contributed by atoms with Crippen LogP contribution in [0.5, 0.6) is 0 Å². The first-order chi connectivity index (χ1) is 8.69. The van der Waals surface area contributed by atoms with E-state index in [-0.39, 0.29) is 5.82 Å². The Hall–Kier alpha value is -0.740. The zero-order valence-corrected chi connectivity index (χ0v) is 11.9. The molecule has 0 saturated carbocycles. The van der Waals surface area contributed by atoms with E-state index in [0.29, 0.717) is 5.25 Å². The van der Waals surface area contributed by atoms with Gasteiger partial charge in [-0.2, -0.15) is 11.8 Å². The van der Waals surface area contributed by atoms with Crippen LogP contribution in [0.4, 0.5) is 10.1 Å². The molecule has 1 aromatic rings. The number of nitrogens with one attached hydrogen (secondary N) is 1. The summed E-state index contributed by atoms with van der Waals surface area (Å²) in [7, 11) is 0. The molecule has 0 aliphatic carbocycles. The summed E-state index contributed by atoms with van der Waals surface area (Å²) in [5.74, 6) is 0.992. The molecule has 0 radical (unpaired) electrons. The van der Waals surface area contributed by atoms with Crippen molar-refractivity contribution >= 4 is 17.4 Å². The molecule has 1 saturated heterocycles. The molecule has 1 unspecified atom stereocenters. The molecule has 1 fully saturated rings. The number of halogens is 1. The fourth-order valence-electron chi connectivity index (χ4n) is 2.24. The van der Waals surface area contributed by atoms with Crippen molar-refractivity contribution in [1.29, 1.82) is 0 Å². The summed E-state index contributed by atoms with van der Waals surface area (Å²) in [6.07, 6.45) is 0. The number of nitrogens with zero attached hydrogens (tertiary/aromatic N) is 1. The van der Waals surface area contributed by atoms with E-state index in [0.717, 1.165) is 43.2 Å². The van der Waals surface area contributed by atoms with Gasteiger partial charge in [-0.3, -0.25) is 0 Å². The topological polar surface area (TPSA) is 15.3 Å². The number of thioether (sulfide) groups is 1. The summed E-state index contributed by atoms with van der Waals surface area (Å²) in [6, 6.07) is 5.38. The molecule has 1 heterocycles. The first-order valence-corrected chi connectivity index (χ1v) is 7.60. The van der Waals surface area contributed by atoms with Crippen LogP contribution in [-0.4, -0.2) is 30.6 Å². The Labute approximate surface area is 113 Å². The summed E-state index contributed by atoms with van der Waals surface area (Å²) in [5.41, 5.74) is 2.05. The van der Waals surface area contributed by atoms with Gasteiger partial charge in [0.05, 0.1) is 0 Å². The van der Waals surface area contributed by atoms with Crippen molar-refractivity contribution in [2.45, 2.75) is 25.6 Å². The van der Waals surface area contributed by atoms with E-state index >= 15 is 0 Å². The average molecular weight is 268 g/mol. The molecule has 100 valence electrons.